The van der Waals surface area contributed by atoms with Gasteiger partial charge in [-0.15, -0.1) is 0 Å². The van der Waals surface area contributed by atoms with Crippen molar-refractivity contribution >= 4 is 11.6 Å². The van der Waals surface area contributed by atoms with Crippen LogP contribution >= 0.6 is 0 Å². The van der Waals surface area contributed by atoms with E-state index in [1.54, 1.807) is 60.7 Å². The second-order valence-corrected chi connectivity index (χ2v) is 9.23. The molecule has 3 rings (SSSR count). The van der Waals surface area contributed by atoms with E-state index in [0.29, 0.717) is 22.6 Å². The molecular weight excluding hydrogens is 432 g/mol. The van der Waals surface area contributed by atoms with Crippen molar-refractivity contribution in [3.8, 4) is 11.5 Å². The van der Waals surface area contributed by atoms with Gasteiger partial charge in [0.15, 0.2) is 11.6 Å². The molecule has 0 amide bonds. The van der Waals surface area contributed by atoms with Crippen molar-refractivity contribution in [1.82, 2.24) is 0 Å². The lowest BCUT2D eigenvalue weighted by Gasteiger charge is -2.16. The predicted octanol–water partition coefficient (Wildman–Crippen LogP) is 4.75. The Bertz CT molecular complexity index is 1060. The summed E-state index contributed by atoms with van der Waals surface area (Å²) in [5.41, 5.74) is -0.355. The average molecular weight is 463 g/mol. The summed E-state index contributed by atoms with van der Waals surface area (Å²) in [4.78, 5) is 24.5. The SMILES string of the molecule is CC(C)(O)C(=O)c1cccc(COc2ccc(OCc3cccc(C(=O)C(C)(C)O)c3)cc2)c1. The van der Waals surface area contributed by atoms with E-state index < -0.39 is 11.2 Å². The highest BCUT2D eigenvalue weighted by atomic mass is 16.5. The predicted molar refractivity (Wildman–Crippen MR) is 129 cm³/mol. The van der Waals surface area contributed by atoms with Crippen molar-refractivity contribution in [2.45, 2.75) is 52.1 Å². The molecule has 0 unspecified atom stereocenters. The minimum atomic E-state index is -1.43. The van der Waals surface area contributed by atoms with Crippen LogP contribution in [0.4, 0.5) is 0 Å². The summed E-state index contributed by atoms with van der Waals surface area (Å²) < 4.78 is 11.6. The lowest BCUT2D eigenvalue weighted by Crippen LogP contribution is -2.31. The van der Waals surface area contributed by atoms with Gasteiger partial charge in [0.2, 0.25) is 0 Å². The highest BCUT2D eigenvalue weighted by Crippen LogP contribution is 2.21. The molecule has 6 heteroatoms. The molecule has 3 aromatic carbocycles. The number of hydrogen-bond acceptors (Lipinski definition) is 6. The second-order valence-electron chi connectivity index (χ2n) is 9.23. The van der Waals surface area contributed by atoms with E-state index in [2.05, 4.69) is 0 Å². The molecule has 0 aliphatic carbocycles. The van der Waals surface area contributed by atoms with Gasteiger partial charge in [0, 0.05) is 11.1 Å². The number of carbonyl (C=O) groups is 2. The van der Waals surface area contributed by atoms with Gasteiger partial charge >= 0.3 is 0 Å². The van der Waals surface area contributed by atoms with Crippen LogP contribution in [0, 0.1) is 0 Å². The van der Waals surface area contributed by atoms with Crippen LogP contribution in [0.5, 0.6) is 11.5 Å². The molecule has 0 spiro atoms. The lowest BCUT2D eigenvalue weighted by atomic mass is 9.96. The molecular formula is C28H30O6. The maximum atomic E-state index is 12.3. The summed E-state index contributed by atoms with van der Waals surface area (Å²) in [7, 11) is 0. The van der Waals surface area contributed by atoms with Crippen molar-refractivity contribution in [3.05, 3.63) is 95.1 Å². The van der Waals surface area contributed by atoms with E-state index in [1.807, 2.05) is 12.1 Å². The standard InChI is InChI=1S/C28H30O6/c1-27(2,31)25(29)21-9-5-7-19(15-21)17-33-23-11-13-24(14-12-23)34-18-20-8-6-10-22(16-20)26(30)28(3,4)32/h5-16,31-32H,17-18H2,1-4H3. The van der Waals surface area contributed by atoms with Crippen LogP contribution in [0.1, 0.15) is 59.5 Å². The molecule has 6 nitrogen and oxygen atoms in total. The van der Waals surface area contributed by atoms with Crippen molar-refractivity contribution in [3.63, 3.8) is 0 Å². The fourth-order valence-corrected chi connectivity index (χ4v) is 3.28. The Morgan fingerprint density at radius 3 is 1.32 bits per heavy atom. The first-order valence-electron chi connectivity index (χ1n) is 11.0. The third kappa shape index (κ3) is 6.76. The Labute approximate surface area is 199 Å². The Morgan fingerprint density at radius 2 is 1.00 bits per heavy atom. The van der Waals surface area contributed by atoms with E-state index >= 15 is 0 Å². The van der Waals surface area contributed by atoms with Gasteiger partial charge in [-0.3, -0.25) is 9.59 Å². The number of Topliss-reactive ketones (excluding diaryl/α,β-unsaturated/α-hetero) is 2. The van der Waals surface area contributed by atoms with Crippen molar-refractivity contribution in [2.24, 2.45) is 0 Å². The van der Waals surface area contributed by atoms with Gasteiger partial charge in [-0.05, 0) is 75.2 Å². The van der Waals surface area contributed by atoms with Crippen LogP contribution in [0.15, 0.2) is 72.8 Å². The minimum absolute atomic E-state index is 0.273. The number of ether oxygens (including phenoxy) is 2. The van der Waals surface area contributed by atoms with Gasteiger partial charge in [0.05, 0.1) is 0 Å². The van der Waals surface area contributed by atoms with Crippen LogP contribution in [-0.2, 0) is 13.2 Å². The number of benzene rings is 3. The third-order valence-corrected chi connectivity index (χ3v) is 5.12. The van der Waals surface area contributed by atoms with Crippen molar-refractivity contribution < 1.29 is 29.3 Å². The Balaban J connectivity index is 1.56. The molecule has 0 aliphatic rings. The molecule has 0 saturated heterocycles. The Hall–Kier alpha value is -3.48. The molecule has 3 aromatic rings. The van der Waals surface area contributed by atoms with Crippen LogP contribution in [0.25, 0.3) is 0 Å². The number of carbonyl (C=O) groups excluding carboxylic acids is 2. The molecule has 34 heavy (non-hydrogen) atoms. The molecule has 0 atom stereocenters. The fourth-order valence-electron chi connectivity index (χ4n) is 3.28. The molecule has 0 saturated carbocycles. The maximum Gasteiger partial charge on any atom is 0.193 e. The third-order valence-electron chi connectivity index (χ3n) is 5.12. The maximum absolute atomic E-state index is 12.3. The van der Waals surface area contributed by atoms with Gasteiger partial charge in [-0.2, -0.15) is 0 Å². The van der Waals surface area contributed by atoms with E-state index in [-0.39, 0.29) is 24.8 Å². The first-order valence-corrected chi connectivity index (χ1v) is 11.0. The largest absolute Gasteiger partial charge is 0.489 e. The Kier molecular flexibility index (Phi) is 7.54. The smallest absolute Gasteiger partial charge is 0.193 e. The number of rotatable bonds is 10. The Morgan fingerprint density at radius 1 is 0.647 bits per heavy atom. The summed E-state index contributed by atoms with van der Waals surface area (Å²) in [6, 6.07) is 21.2. The summed E-state index contributed by atoms with van der Waals surface area (Å²) in [6.07, 6.45) is 0. The van der Waals surface area contributed by atoms with Crippen molar-refractivity contribution in [1.29, 1.82) is 0 Å². The number of hydrogen-bond donors (Lipinski definition) is 2. The molecule has 0 fully saturated rings. The van der Waals surface area contributed by atoms with Gasteiger partial charge in [0.1, 0.15) is 35.9 Å². The number of ketones is 2. The second kappa shape index (κ2) is 10.2. The molecule has 0 radical (unpaired) electrons. The molecule has 2 N–H and O–H groups in total. The lowest BCUT2D eigenvalue weighted by molar-refractivity contribution is 0.0487. The summed E-state index contributed by atoms with van der Waals surface area (Å²) in [6.45, 7) is 6.41. The molecule has 0 heterocycles. The van der Waals surface area contributed by atoms with E-state index in [9.17, 15) is 19.8 Å². The van der Waals surface area contributed by atoms with Gasteiger partial charge in [-0.1, -0.05) is 36.4 Å². The minimum Gasteiger partial charge on any atom is -0.489 e. The van der Waals surface area contributed by atoms with Crippen molar-refractivity contribution in [2.75, 3.05) is 0 Å². The highest BCUT2D eigenvalue weighted by Gasteiger charge is 2.26. The first-order chi connectivity index (χ1) is 15.9. The topological polar surface area (TPSA) is 93.1 Å². The monoisotopic (exact) mass is 462 g/mol. The zero-order valence-corrected chi connectivity index (χ0v) is 19.9. The summed E-state index contributed by atoms with van der Waals surface area (Å²) >= 11 is 0. The zero-order valence-electron chi connectivity index (χ0n) is 19.9. The first kappa shape index (κ1) is 25.1. The van der Waals surface area contributed by atoms with E-state index in [1.165, 1.54) is 27.7 Å². The highest BCUT2D eigenvalue weighted by molar-refractivity contribution is 6.02. The van der Waals surface area contributed by atoms with Gasteiger partial charge < -0.3 is 19.7 Å². The summed E-state index contributed by atoms with van der Waals surface area (Å²) in [5, 5.41) is 19.9. The van der Waals surface area contributed by atoms with Crippen LogP contribution < -0.4 is 9.47 Å². The number of aliphatic hydroxyl groups is 2. The quantitative estimate of drug-likeness (QED) is 0.422. The fraction of sp³-hybridized carbons (Fsp3) is 0.286. The van der Waals surface area contributed by atoms with E-state index in [4.69, 9.17) is 9.47 Å². The van der Waals surface area contributed by atoms with E-state index in [0.717, 1.165) is 11.1 Å². The van der Waals surface area contributed by atoms with Crippen LogP contribution in [-0.4, -0.2) is 33.0 Å². The van der Waals surface area contributed by atoms with Gasteiger partial charge in [-0.25, -0.2) is 0 Å². The zero-order chi connectivity index (χ0) is 24.9. The van der Waals surface area contributed by atoms with Gasteiger partial charge in [0.25, 0.3) is 0 Å². The normalized spacial score (nSPS) is 11.7. The molecule has 0 aliphatic heterocycles. The molecule has 178 valence electrons. The summed E-state index contributed by atoms with van der Waals surface area (Å²) in [5.74, 6) is 0.602. The van der Waals surface area contributed by atoms with Crippen LogP contribution in [0.2, 0.25) is 0 Å². The van der Waals surface area contributed by atoms with Crippen LogP contribution in [0.3, 0.4) is 0 Å². The average Bonchev–Trinajstić information content (AvgIpc) is 2.80. The molecule has 0 bridgehead atoms. The molecule has 0 aromatic heterocycles.